The molecule has 1 aliphatic carbocycles. The molecule has 2 amide bonds. The molecular formula is C22H26FN3O2S. The molecule has 7 heteroatoms. The normalized spacial score (nSPS) is 19.7. The van der Waals surface area contributed by atoms with Gasteiger partial charge in [-0.15, -0.1) is 11.3 Å². The number of rotatable bonds is 4. The smallest absolute Gasteiger partial charge is 0.264 e. The molecule has 0 saturated carbocycles. The third kappa shape index (κ3) is 4.85. The van der Waals surface area contributed by atoms with Crippen LogP contribution >= 0.6 is 11.3 Å². The highest BCUT2D eigenvalue weighted by Crippen LogP contribution is 2.32. The van der Waals surface area contributed by atoms with Crippen LogP contribution < -0.4 is 5.32 Å². The number of anilines is 1. The maximum absolute atomic E-state index is 13.0. The van der Waals surface area contributed by atoms with Gasteiger partial charge in [0.15, 0.2) is 0 Å². The van der Waals surface area contributed by atoms with E-state index in [0.29, 0.717) is 37.8 Å². The molecule has 0 bridgehead atoms. The Balaban J connectivity index is 1.27. The van der Waals surface area contributed by atoms with Crippen molar-refractivity contribution in [1.82, 2.24) is 9.80 Å². The van der Waals surface area contributed by atoms with Crippen LogP contribution in [0.5, 0.6) is 0 Å². The number of benzene rings is 1. The summed E-state index contributed by atoms with van der Waals surface area (Å²) in [5.74, 6) is 0.360. The molecule has 29 heavy (non-hydrogen) atoms. The largest absolute Gasteiger partial charge is 0.335 e. The number of fused-ring (bicyclic) bond motifs is 1. The first-order valence-electron chi connectivity index (χ1n) is 10.2. The van der Waals surface area contributed by atoms with Crippen LogP contribution in [0.25, 0.3) is 0 Å². The summed E-state index contributed by atoms with van der Waals surface area (Å²) < 4.78 is 13.0. The lowest BCUT2D eigenvalue weighted by atomic mass is 9.90. The van der Waals surface area contributed by atoms with Crippen LogP contribution in [0.2, 0.25) is 0 Å². The Hall–Kier alpha value is -2.25. The van der Waals surface area contributed by atoms with E-state index >= 15 is 0 Å². The summed E-state index contributed by atoms with van der Waals surface area (Å²) in [6.07, 6.45) is 3.38. The summed E-state index contributed by atoms with van der Waals surface area (Å²) in [4.78, 5) is 31.3. The zero-order chi connectivity index (χ0) is 20.4. The number of halogens is 1. The zero-order valence-electron chi connectivity index (χ0n) is 16.6. The molecule has 1 unspecified atom stereocenters. The average molecular weight is 416 g/mol. The lowest BCUT2D eigenvalue weighted by Crippen LogP contribution is -2.50. The molecule has 1 aromatic carbocycles. The van der Waals surface area contributed by atoms with Gasteiger partial charge in [-0.3, -0.25) is 14.5 Å². The molecule has 0 radical (unpaired) electrons. The van der Waals surface area contributed by atoms with Gasteiger partial charge in [0.1, 0.15) is 5.82 Å². The number of piperazine rings is 1. The number of aryl methyl sites for hydroxylation is 1. The quantitative estimate of drug-likeness (QED) is 0.833. The average Bonchev–Trinajstić information content (AvgIpc) is 3.13. The van der Waals surface area contributed by atoms with E-state index in [1.165, 1.54) is 29.0 Å². The number of nitrogens with one attached hydrogen (secondary N) is 1. The lowest BCUT2D eigenvalue weighted by molar-refractivity contribution is -0.117. The zero-order valence-corrected chi connectivity index (χ0v) is 17.4. The number of thiophene rings is 1. The van der Waals surface area contributed by atoms with Crippen molar-refractivity contribution in [3.8, 4) is 0 Å². The van der Waals surface area contributed by atoms with E-state index in [1.54, 1.807) is 23.5 Å². The van der Waals surface area contributed by atoms with Gasteiger partial charge < -0.3 is 10.2 Å². The second-order valence-electron chi connectivity index (χ2n) is 8.03. The second-order valence-corrected chi connectivity index (χ2v) is 9.17. The van der Waals surface area contributed by atoms with Crippen molar-refractivity contribution in [1.29, 1.82) is 0 Å². The van der Waals surface area contributed by atoms with Gasteiger partial charge in [-0.1, -0.05) is 6.92 Å². The molecule has 2 heterocycles. The molecule has 1 aliphatic heterocycles. The summed E-state index contributed by atoms with van der Waals surface area (Å²) in [6.45, 7) is 5.14. The molecule has 1 N–H and O–H groups in total. The summed E-state index contributed by atoms with van der Waals surface area (Å²) in [5, 5.41) is 2.78. The van der Waals surface area contributed by atoms with Gasteiger partial charge in [-0.25, -0.2) is 4.39 Å². The van der Waals surface area contributed by atoms with Crippen molar-refractivity contribution in [2.45, 2.75) is 26.2 Å². The Morgan fingerprint density at radius 3 is 2.62 bits per heavy atom. The van der Waals surface area contributed by atoms with Crippen molar-refractivity contribution in [3.63, 3.8) is 0 Å². The number of carbonyl (C=O) groups excluding carboxylic acids is 2. The first-order valence-corrected chi connectivity index (χ1v) is 11.0. The number of hydrogen-bond acceptors (Lipinski definition) is 4. The van der Waals surface area contributed by atoms with Gasteiger partial charge in [-0.05, 0) is 61.1 Å². The molecule has 1 saturated heterocycles. The minimum Gasteiger partial charge on any atom is -0.335 e. The van der Waals surface area contributed by atoms with E-state index in [2.05, 4.69) is 18.3 Å². The maximum Gasteiger partial charge on any atom is 0.264 e. The van der Waals surface area contributed by atoms with Crippen LogP contribution in [-0.4, -0.2) is 54.3 Å². The Morgan fingerprint density at radius 1 is 1.17 bits per heavy atom. The van der Waals surface area contributed by atoms with Crippen LogP contribution in [0.15, 0.2) is 30.3 Å². The number of amides is 2. The Labute approximate surface area is 174 Å². The van der Waals surface area contributed by atoms with Gasteiger partial charge >= 0.3 is 0 Å². The van der Waals surface area contributed by atoms with Gasteiger partial charge in [0.25, 0.3) is 5.91 Å². The Bertz CT molecular complexity index is 888. The standard InChI is InChI=1S/C22H26FN3O2S/c1-15-2-7-19-16(12-15)13-20(29-19)22(28)26-10-8-25(9-11-26)14-21(27)24-18-5-3-17(23)4-6-18/h3-6,13,15H,2,7-12,14H2,1H3,(H,24,27). The summed E-state index contributed by atoms with van der Waals surface area (Å²) in [6, 6.07) is 7.84. The van der Waals surface area contributed by atoms with E-state index < -0.39 is 0 Å². The molecule has 2 aromatic rings. The fourth-order valence-electron chi connectivity index (χ4n) is 4.01. The van der Waals surface area contributed by atoms with Crippen LogP contribution in [0.3, 0.4) is 0 Å². The van der Waals surface area contributed by atoms with E-state index in [0.717, 1.165) is 17.7 Å². The Kier molecular flexibility index (Phi) is 5.96. The van der Waals surface area contributed by atoms with Crippen molar-refractivity contribution in [2.75, 3.05) is 38.0 Å². The van der Waals surface area contributed by atoms with Crippen LogP contribution in [0, 0.1) is 11.7 Å². The van der Waals surface area contributed by atoms with Crippen molar-refractivity contribution < 1.29 is 14.0 Å². The molecule has 1 aromatic heterocycles. The van der Waals surface area contributed by atoms with Gasteiger partial charge in [0.2, 0.25) is 5.91 Å². The van der Waals surface area contributed by atoms with E-state index in [4.69, 9.17) is 0 Å². The summed E-state index contributed by atoms with van der Waals surface area (Å²) in [7, 11) is 0. The fraction of sp³-hybridized carbons (Fsp3) is 0.455. The van der Waals surface area contributed by atoms with Crippen LogP contribution in [0.1, 0.15) is 33.5 Å². The van der Waals surface area contributed by atoms with Crippen LogP contribution in [-0.2, 0) is 17.6 Å². The van der Waals surface area contributed by atoms with Crippen molar-refractivity contribution >= 4 is 28.8 Å². The lowest BCUT2D eigenvalue weighted by Gasteiger charge is -2.34. The highest BCUT2D eigenvalue weighted by atomic mass is 32.1. The predicted molar refractivity (Wildman–Crippen MR) is 113 cm³/mol. The molecule has 2 aliphatic rings. The highest BCUT2D eigenvalue weighted by molar-refractivity contribution is 7.14. The van der Waals surface area contributed by atoms with Gasteiger partial charge in [0, 0.05) is 36.7 Å². The van der Waals surface area contributed by atoms with Crippen LogP contribution in [0.4, 0.5) is 10.1 Å². The van der Waals surface area contributed by atoms with Gasteiger partial charge in [-0.2, -0.15) is 0 Å². The SMILES string of the molecule is CC1CCc2sc(C(=O)N3CCN(CC(=O)Nc4ccc(F)cc4)CC3)cc2C1. The maximum atomic E-state index is 13.0. The summed E-state index contributed by atoms with van der Waals surface area (Å²) >= 11 is 1.66. The molecule has 0 spiro atoms. The van der Waals surface area contributed by atoms with Crippen molar-refractivity contribution in [3.05, 3.63) is 51.5 Å². The minimum atomic E-state index is -0.329. The molecule has 154 valence electrons. The molecule has 1 atom stereocenters. The molecule has 4 rings (SSSR count). The van der Waals surface area contributed by atoms with E-state index in [1.807, 2.05) is 9.80 Å². The first kappa shape index (κ1) is 20.0. The molecular weight excluding hydrogens is 389 g/mol. The fourth-order valence-corrected chi connectivity index (χ4v) is 5.19. The number of nitrogens with zero attached hydrogens (tertiary/aromatic N) is 2. The second kappa shape index (κ2) is 8.63. The highest BCUT2D eigenvalue weighted by Gasteiger charge is 2.26. The Morgan fingerprint density at radius 2 is 1.90 bits per heavy atom. The van der Waals surface area contributed by atoms with Crippen molar-refractivity contribution in [2.24, 2.45) is 5.92 Å². The monoisotopic (exact) mass is 415 g/mol. The van der Waals surface area contributed by atoms with E-state index in [-0.39, 0.29) is 24.2 Å². The molecule has 1 fully saturated rings. The third-order valence-electron chi connectivity index (χ3n) is 5.69. The van der Waals surface area contributed by atoms with E-state index in [9.17, 15) is 14.0 Å². The predicted octanol–water partition coefficient (Wildman–Crippen LogP) is 3.41. The summed E-state index contributed by atoms with van der Waals surface area (Å²) in [5.41, 5.74) is 1.94. The molecule has 5 nitrogen and oxygen atoms in total. The number of carbonyl (C=O) groups is 2. The third-order valence-corrected chi connectivity index (χ3v) is 6.92. The number of hydrogen-bond donors (Lipinski definition) is 1. The topological polar surface area (TPSA) is 52.7 Å². The first-order chi connectivity index (χ1) is 14.0. The minimum absolute atomic E-state index is 0.118. The van der Waals surface area contributed by atoms with Gasteiger partial charge in [0.05, 0.1) is 11.4 Å².